The van der Waals surface area contributed by atoms with E-state index in [0.29, 0.717) is 17.5 Å². The Labute approximate surface area is 321 Å². The van der Waals surface area contributed by atoms with Crippen molar-refractivity contribution in [1.29, 1.82) is 0 Å². The second-order valence-electron chi connectivity index (χ2n) is 14.9. The van der Waals surface area contributed by atoms with Crippen molar-refractivity contribution in [3.63, 3.8) is 0 Å². The van der Waals surface area contributed by atoms with Crippen molar-refractivity contribution >= 4 is 10.8 Å². The lowest BCUT2D eigenvalue weighted by Crippen LogP contribution is -2.14. The van der Waals surface area contributed by atoms with E-state index in [1.165, 1.54) is 60.8 Å². The first-order chi connectivity index (χ1) is 27.0. The Morgan fingerprint density at radius 1 is 0.309 bits per heavy atom. The minimum Gasteiger partial charge on any atom is -0.208 e. The highest BCUT2D eigenvalue weighted by Crippen LogP contribution is 2.49. The quantitative estimate of drug-likeness (QED) is 0.173. The molecule has 0 saturated heterocycles. The highest BCUT2D eigenvalue weighted by Gasteiger charge is 2.35. The van der Waals surface area contributed by atoms with E-state index in [2.05, 4.69) is 141 Å². The lowest BCUT2D eigenvalue weighted by Gasteiger charge is -2.22. The molecule has 8 aromatic carbocycles. The summed E-state index contributed by atoms with van der Waals surface area (Å²) >= 11 is 0. The lowest BCUT2D eigenvalue weighted by atomic mass is 9.81. The smallest absolute Gasteiger partial charge is 0.164 e. The van der Waals surface area contributed by atoms with Gasteiger partial charge < -0.3 is 0 Å². The topological polar surface area (TPSA) is 38.7 Å². The van der Waals surface area contributed by atoms with Gasteiger partial charge in [-0.1, -0.05) is 184 Å². The molecule has 1 aliphatic rings. The maximum atomic E-state index is 4.94. The summed E-state index contributed by atoms with van der Waals surface area (Å²) in [5, 5.41) is 2.42. The molecule has 0 fully saturated rings. The fraction of sp³-hybridized carbons (Fsp3) is 0.0577. The van der Waals surface area contributed by atoms with E-state index in [0.717, 1.165) is 22.3 Å². The number of aromatic nitrogens is 3. The van der Waals surface area contributed by atoms with Crippen molar-refractivity contribution in [3.05, 3.63) is 199 Å². The van der Waals surface area contributed by atoms with Gasteiger partial charge in [0.05, 0.1) is 0 Å². The van der Waals surface area contributed by atoms with Gasteiger partial charge in [0.25, 0.3) is 0 Å². The third kappa shape index (κ3) is 5.82. The molecule has 0 amide bonds. The van der Waals surface area contributed by atoms with Gasteiger partial charge in [-0.3, -0.25) is 0 Å². The molecule has 0 atom stereocenters. The fourth-order valence-corrected chi connectivity index (χ4v) is 8.20. The Morgan fingerprint density at radius 2 is 0.764 bits per heavy atom. The van der Waals surface area contributed by atoms with Gasteiger partial charge in [-0.15, -0.1) is 0 Å². The van der Waals surface area contributed by atoms with Crippen molar-refractivity contribution < 1.29 is 0 Å². The van der Waals surface area contributed by atoms with Crippen molar-refractivity contribution in [2.45, 2.75) is 19.3 Å². The predicted molar refractivity (Wildman–Crippen MR) is 228 cm³/mol. The van der Waals surface area contributed by atoms with Gasteiger partial charge in [0.2, 0.25) is 0 Å². The van der Waals surface area contributed by atoms with Gasteiger partial charge >= 0.3 is 0 Å². The molecule has 0 spiro atoms. The van der Waals surface area contributed by atoms with Gasteiger partial charge in [0, 0.05) is 22.1 Å². The number of hydrogen-bond donors (Lipinski definition) is 0. The zero-order valence-electron chi connectivity index (χ0n) is 30.7. The van der Waals surface area contributed by atoms with Crippen molar-refractivity contribution in [3.8, 4) is 78.7 Å². The van der Waals surface area contributed by atoms with E-state index in [4.69, 9.17) is 15.0 Å². The van der Waals surface area contributed by atoms with E-state index in [1.807, 2.05) is 60.7 Å². The average Bonchev–Trinajstić information content (AvgIpc) is 3.49. The third-order valence-electron chi connectivity index (χ3n) is 11.1. The summed E-state index contributed by atoms with van der Waals surface area (Å²) in [6.07, 6.45) is 0. The van der Waals surface area contributed by atoms with E-state index >= 15 is 0 Å². The number of rotatable bonds is 6. The highest BCUT2D eigenvalue weighted by atomic mass is 15.0. The molecule has 260 valence electrons. The number of fused-ring (bicyclic) bond motifs is 4. The molecule has 10 rings (SSSR count). The summed E-state index contributed by atoms with van der Waals surface area (Å²) in [5.41, 5.74) is 15.5. The number of hydrogen-bond acceptors (Lipinski definition) is 3. The molecule has 3 nitrogen and oxygen atoms in total. The standard InChI is InChI=1S/C52H37N3/c1-52(2)47-22-10-9-20-44(47)45-30-29-42(33-48(45)52)40-19-11-18-39(31-40)41-28-25-34-17-12-21-43(46(34)32-41)35-23-26-38(27-24-35)51-54-49(36-13-5-3-6-14-36)53-50(55-51)37-15-7-4-8-16-37/h3-33H,1-2H3. The molecule has 0 saturated carbocycles. The molecule has 1 aromatic heterocycles. The van der Waals surface area contributed by atoms with Gasteiger partial charge in [-0.25, -0.2) is 15.0 Å². The van der Waals surface area contributed by atoms with Crippen LogP contribution in [0.1, 0.15) is 25.0 Å². The van der Waals surface area contributed by atoms with Gasteiger partial charge in [-0.2, -0.15) is 0 Å². The Hall–Kier alpha value is -6.97. The first-order valence-electron chi connectivity index (χ1n) is 18.9. The molecule has 0 N–H and O–H groups in total. The first kappa shape index (κ1) is 32.7. The Kier molecular flexibility index (Phi) is 7.81. The number of benzene rings is 8. The summed E-state index contributed by atoms with van der Waals surface area (Å²) in [7, 11) is 0. The van der Waals surface area contributed by atoms with Gasteiger partial charge in [0.1, 0.15) is 0 Å². The molecule has 9 aromatic rings. The van der Waals surface area contributed by atoms with Crippen LogP contribution in [0.4, 0.5) is 0 Å². The predicted octanol–water partition coefficient (Wildman–Crippen LogP) is 13.3. The molecule has 55 heavy (non-hydrogen) atoms. The van der Waals surface area contributed by atoms with E-state index in [1.54, 1.807) is 0 Å². The van der Waals surface area contributed by atoms with Crippen LogP contribution in [0.5, 0.6) is 0 Å². The zero-order chi connectivity index (χ0) is 36.9. The van der Waals surface area contributed by atoms with Crippen LogP contribution < -0.4 is 0 Å². The van der Waals surface area contributed by atoms with E-state index in [-0.39, 0.29) is 5.41 Å². The average molecular weight is 704 g/mol. The van der Waals surface area contributed by atoms with Crippen molar-refractivity contribution in [1.82, 2.24) is 15.0 Å². The van der Waals surface area contributed by atoms with Crippen LogP contribution in [0, 0.1) is 0 Å². The normalized spacial score (nSPS) is 12.7. The summed E-state index contributed by atoms with van der Waals surface area (Å²) in [6.45, 7) is 4.68. The fourth-order valence-electron chi connectivity index (χ4n) is 8.20. The molecule has 1 heterocycles. The Balaban J connectivity index is 0.994. The van der Waals surface area contributed by atoms with Crippen LogP contribution >= 0.6 is 0 Å². The van der Waals surface area contributed by atoms with Crippen molar-refractivity contribution in [2.75, 3.05) is 0 Å². The van der Waals surface area contributed by atoms with Crippen molar-refractivity contribution in [2.24, 2.45) is 0 Å². The van der Waals surface area contributed by atoms with Gasteiger partial charge in [0.15, 0.2) is 17.5 Å². The van der Waals surface area contributed by atoms with Crippen LogP contribution in [0.25, 0.3) is 89.4 Å². The largest absolute Gasteiger partial charge is 0.208 e. The lowest BCUT2D eigenvalue weighted by molar-refractivity contribution is 0.660. The molecule has 0 aliphatic heterocycles. The molecular weight excluding hydrogens is 667 g/mol. The summed E-state index contributed by atoms with van der Waals surface area (Å²) in [5.74, 6) is 1.96. The summed E-state index contributed by atoms with van der Waals surface area (Å²) < 4.78 is 0. The Morgan fingerprint density at radius 3 is 1.44 bits per heavy atom. The minimum atomic E-state index is -0.0337. The van der Waals surface area contributed by atoms with Crippen LogP contribution in [0.2, 0.25) is 0 Å². The zero-order valence-corrected chi connectivity index (χ0v) is 30.7. The third-order valence-corrected chi connectivity index (χ3v) is 11.1. The van der Waals surface area contributed by atoms with E-state index in [9.17, 15) is 0 Å². The monoisotopic (exact) mass is 703 g/mol. The van der Waals surface area contributed by atoms with Crippen LogP contribution in [-0.2, 0) is 5.41 Å². The van der Waals surface area contributed by atoms with E-state index < -0.39 is 0 Å². The first-order valence-corrected chi connectivity index (χ1v) is 18.9. The summed E-state index contributed by atoms with van der Waals surface area (Å²) in [6, 6.07) is 66.9. The highest BCUT2D eigenvalue weighted by molar-refractivity contribution is 5.99. The second kappa shape index (κ2) is 13.2. The molecule has 1 aliphatic carbocycles. The molecule has 0 radical (unpaired) electrons. The Bertz CT molecular complexity index is 2820. The maximum absolute atomic E-state index is 4.94. The van der Waals surface area contributed by atoms with Crippen LogP contribution in [-0.4, -0.2) is 15.0 Å². The molecular formula is C52H37N3. The maximum Gasteiger partial charge on any atom is 0.164 e. The van der Waals surface area contributed by atoms with Crippen LogP contribution in [0.15, 0.2) is 188 Å². The minimum absolute atomic E-state index is 0.0337. The second-order valence-corrected chi connectivity index (χ2v) is 14.9. The summed E-state index contributed by atoms with van der Waals surface area (Å²) in [4.78, 5) is 14.7. The number of nitrogens with zero attached hydrogens (tertiary/aromatic N) is 3. The SMILES string of the molecule is CC1(C)c2ccccc2-c2ccc(-c3cccc(-c4ccc5cccc(-c6ccc(-c7nc(-c8ccccc8)nc(-c8ccccc8)n7)cc6)c5c4)c3)cc21. The molecule has 0 bridgehead atoms. The van der Waals surface area contributed by atoms with Crippen LogP contribution in [0.3, 0.4) is 0 Å². The molecule has 0 unspecified atom stereocenters. The molecule has 3 heteroatoms. The van der Waals surface area contributed by atoms with Gasteiger partial charge in [-0.05, 0) is 84.6 Å².